The van der Waals surface area contributed by atoms with Crippen molar-refractivity contribution in [2.45, 2.75) is 82.9 Å². The summed E-state index contributed by atoms with van der Waals surface area (Å²) in [6, 6.07) is 3.48. The van der Waals surface area contributed by atoms with Crippen LogP contribution in [0.4, 0.5) is 17.6 Å². The Kier molecular flexibility index (Phi) is 6.83. The molecule has 2 fully saturated rings. The van der Waals surface area contributed by atoms with Crippen molar-refractivity contribution in [1.29, 1.82) is 0 Å². The monoisotopic (exact) mass is 386 g/mol. The first-order chi connectivity index (χ1) is 12.9. The van der Waals surface area contributed by atoms with Gasteiger partial charge in [-0.25, -0.2) is 4.39 Å². The van der Waals surface area contributed by atoms with Gasteiger partial charge in [-0.3, -0.25) is 0 Å². The summed E-state index contributed by atoms with van der Waals surface area (Å²) in [4.78, 5) is 0. The molecule has 3 rings (SSSR count). The molecule has 4 atom stereocenters. The maximum absolute atomic E-state index is 13.9. The zero-order chi connectivity index (χ0) is 19.4. The fourth-order valence-electron chi connectivity index (χ4n) is 4.92. The molecule has 5 heteroatoms. The minimum absolute atomic E-state index is 0.171. The summed E-state index contributed by atoms with van der Waals surface area (Å²) in [6.07, 6.45) is 5.50. The molecule has 27 heavy (non-hydrogen) atoms. The summed E-state index contributed by atoms with van der Waals surface area (Å²) in [5, 5.41) is 0. The number of benzene rings is 1. The van der Waals surface area contributed by atoms with Gasteiger partial charge in [0.15, 0.2) is 0 Å². The van der Waals surface area contributed by atoms with E-state index in [1.54, 1.807) is 0 Å². The van der Waals surface area contributed by atoms with Gasteiger partial charge in [-0.2, -0.15) is 13.2 Å². The van der Waals surface area contributed by atoms with Gasteiger partial charge in [0.2, 0.25) is 0 Å². The summed E-state index contributed by atoms with van der Waals surface area (Å²) < 4.78 is 58.3. The highest BCUT2D eigenvalue weighted by Crippen LogP contribution is 2.47. The minimum Gasteiger partial charge on any atom is -0.378 e. The Morgan fingerprint density at radius 2 is 1.74 bits per heavy atom. The lowest BCUT2D eigenvalue weighted by Crippen LogP contribution is -2.34. The fraction of sp³-hybridized carbons (Fsp3) is 0.727. The van der Waals surface area contributed by atoms with E-state index in [1.165, 1.54) is 18.9 Å². The SMILES string of the molecule is CCCCCOC1CCC2CC(c3ccc(C(F)(F)F)c(F)c3)CCC2C1. The van der Waals surface area contributed by atoms with Crippen molar-refractivity contribution in [2.75, 3.05) is 6.61 Å². The standard InChI is InChI=1S/C22H30F4O/c1-2-3-4-11-27-19-9-7-16-12-15(5-6-17(16)13-19)18-8-10-20(21(23)14-18)22(24,25)26/h8,10,14-17,19H,2-7,9,11-13H2,1H3. The molecule has 0 bridgehead atoms. The molecule has 0 amide bonds. The van der Waals surface area contributed by atoms with Crippen LogP contribution in [0.2, 0.25) is 0 Å². The van der Waals surface area contributed by atoms with Gasteiger partial charge < -0.3 is 4.74 Å². The summed E-state index contributed by atoms with van der Waals surface area (Å²) in [5.41, 5.74) is -0.447. The summed E-state index contributed by atoms with van der Waals surface area (Å²) in [7, 11) is 0. The topological polar surface area (TPSA) is 9.23 Å². The number of ether oxygens (including phenoxy) is 1. The van der Waals surface area contributed by atoms with Gasteiger partial charge in [0.25, 0.3) is 0 Å². The molecule has 4 unspecified atom stereocenters. The van der Waals surface area contributed by atoms with E-state index in [2.05, 4.69) is 6.92 Å². The molecule has 1 aromatic rings. The smallest absolute Gasteiger partial charge is 0.378 e. The molecule has 0 aromatic heterocycles. The van der Waals surface area contributed by atoms with Gasteiger partial charge in [-0.15, -0.1) is 0 Å². The maximum Gasteiger partial charge on any atom is 0.419 e. The molecule has 0 aliphatic heterocycles. The van der Waals surface area contributed by atoms with Crippen LogP contribution in [0.3, 0.4) is 0 Å². The zero-order valence-corrected chi connectivity index (χ0v) is 16.0. The average molecular weight is 386 g/mol. The Bertz CT molecular complexity index is 613. The van der Waals surface area contributed by atoms with Crippen molar-refractivity contribution in [3.63, 3.8) is 0 Å². The third-order valence-corrected chi connectivity index (χ3v) is 6.44. The molecule has 2 saturated carbocycles. The molecule has 2 aliphatic rings. The lowest BCUT2D eigenvalue weighted by atomic mass is 9.65. The van der Waals surface area contributed by atoms with E-state index in [0.717, 1.165) is 69.2 Å². The summed E-state index contributed by atoms with van der Waals surface area (Å²) in [5.74, 6) is 0.256. The van der Waals surface area contributed by atoms with Crippen LogP contribution in [0.25, 0.3) is 0 Å². The number of unbranched alkanes of at least 4 members (excludes halogenated alkanes) is 2. The Morgan fingerprint density at radius 3 is 2.44 bits per heavy atom. The molecule has 0 radical (unpaired) electrons. The van der Waals surface area contributed by atoms with Crippen molar-refractivity contribution < 1.29 is 22.3 Å². The van der Waals surface area contributed by atoms with Crippen LogP contribution in [0.15, 0.2) is 18.2 Å². The lowest BCUT2D eigenvalue weighted by Gasteiger charge is -2.42. The number of alkyl halides is 3. The molecule has 0 heterocycles. The van der Waals surface area contributed by atoms with Crippen molar-refractivity contribution in [3.8, 4) is 0 Å². The second-order valence-electron chi connectivity index (χ2n) is 8.28. The van der Waals surface area contributed by atoms with Crippen molar-refractivity contribution in [3.05, 3.63) is 35.1 Å². The third kappa shape index (κ3) is 5.24. The number of halogens is 4. The number of hydrogen-bond donors (Lipinski definition) is 0. The first-order valence-electron chi connectivity index (χ1n) is 10.4. The van der Waals surface area contributed by atoms with Crippen LogP contribution in [0, 0.1) is 17.7 Å². The minimum atomic E-state index is -4.63. The molecule has 0 spiro atoms. The van der Waals surface area contributed by atoms with Crippen LogP contribution in [-0.4, -0.2) is 12.7 Å². The second kappa shape index (κ2) is 8.93. The predicted molar refractivity (Wildman–Crippen MR) is 98.1 cm³/mol. The molecular weight excluding hydrogens is 356 g/mol. The predicted octanol–water partition coefficient (Wildman–Crippen LogP) is 7.10. The first kappa shape index (κ1) is 20.6. The fourth-order valence-corrected chi connectivity index (χ4v) is 4.92. The Balaban J connectivity index is 1.55. The van der Waals surface area contributed by atoms with Crippen LogP contribution in [0.1, 0.15) is 81.8 Å². The van der Waals surface area contributed by atoms with Crippen molar-refractivity contribution in [1.82, 2.24) is 0 Å². The Hall–Kier alpha value is -1.10. The summed E-state index contributed by atoms with van der Waals surface area (Å²) >= 11 is 0. The number of fused-ring (bicyclic) bond motifs is 1. The molecule has 0 saturated heterocycles. The number of rotatable bonds is 6. The highest BCUT2D eigenvalue weighted by molar-refractivity contribution is 5.29. The van der Waals surface area contributed by atoms with Gasteiger partial charge in [0.1, 0.15) is 5.82 Å². The highest BCUT2D eigenvalue weighted by atomic mass is 19.4. The van der Waals surface area contributed by atoms with Gasteiger partial charge in [0, 0.05) is 6.61 Å². The van der Waals surface area contributed by atoms with Crippen LogP contribution >= 0.6 is 0 Å². The summed E-state index contributed by atoms with van der Waals surface area (Å²) in [6.45, 7) is 3.04. The molecule has 152 valence electrons. The van der Waals surface area contributed by atoms with Crippen LogP contribution in [0.5, 0.6) is 0 Å². The molecule has 2 aliphatic carbocycles. The highest BCUT2D eigenvalue weighted by Gasteiger charge is 2.38. The zero-order valence-electron chi connectivity index (χ0n) is 16.0. The third-order valence-electron chi connectivity index (χ3n) is 6.44. The van der Waals surface area contributed by atoms with E-state index in [9.17, 15) is 17.6 Å². The van der Waals surface area contributed by atoms with E-state index >= 15 is 0 Å². The van der Waals surface area contributed by atoms with Gasteiger partial charge in [0.05, 0.1) is 11.7 Å². The van der Waals surface area contributed by atoms with Crippen LogP contribution in [-0.2, 0) is 10.9 Å². The number of hydrogen-bond acceptors (Lipinski definition) is 1. The van der Waals surface area contributed by atoms with Gasteiger partial charge in [-0.05, 0) is 80.4 Å². The maximum atomic E-state index is 13.9. The molecule has 1 aromatic carbocycles. The van der Waals surface area contributed by atoms with Gasteiger partial charge in [-0.1, -0.05) is 25.8 Å². The largest absolute Gasteiger partial charge is 0.419 e. The van der Waals surface area contributed by atoms with Crippen LogP contribution < -0.4 is 0 Å². The Labute approximate surface area is 159 Å². The second-order valence-corrected chi connectivity index (χ2v) is 8.28. The quantitative estimate of drug-likeness (QED) is 0.374. The van der Waals surface area contributed by atoms with E-state index < -0.39 is 17.6 Å². The molecular formula is C22H30F4O. The van der Waals surface area contributed by atoms with Gasteiger partial charge >= 0.3 is 6.18 Å². The normalized spacial score (nSPS) is 28.8. The molecule has 1 nitrogen and oxygen atoms in total. The van der Waals surface area contributed by atoms with E-state index in [0.29, 0.717) is 17.9 Å². The van der Waals surface area contributed by atoms with Crippen molar-refractivity contribution >= 4 is 0 Å². The van der Waals surface area contributed by atoms with E-state index in [4.69, 9.17) is 4.74 Å². The average Bonchev–Trinajstić information content (AvgIpc) is 2.63. The first-order valence-corrected chi connectivity index (χ1v) is 10.4. The van der Waals surface area contributed by atoms with E-state index in [-0.39, 0.29) is 5.92 Å². The molecule has 0 N–H and O–H groups in total. The van der Waals surface area contributed by atoms with Crippen molar-refractivity contribution in [2.24, 2.45) is 11.8 Å². The lowest BCUT2D eigenvalue weighted by molar-refractivity contribution is -0.140. The Morgan fingerprint density at radius 1 is 1.00 bits per heavy atom. The van der Waals surface area contributed by atoms with E-state index in [1.807, 2.05) is 0 Å².